The van der Waals surface area contributed by atoms with Crippen molar-refractivity contribution in [3.05, 3.63) is 46.8 Å². The van der Waals surface area contributed by atoms with E-state index in [0.29, 0.717) is 12.1 Å². The Morgan fingerprint density at radius 1 is 1.26 bits per heavy atom. The van der Waals surface area contributed by atoms with Crippen LogP contribution in [0.25, 0.3) is 5.69 Å². The Labute approximate surface area is 181 Å². The SMILES string of the molecule is CCc1c(C(=O)O)c(CC(C)CCCC(C)(C)OC)nn1-c1ccccc1C(F)(F)F. The van der Waals surface area contributed by atoms with Crippen molar-refractivity contribution < 1.29 is 27.8 Å². The molecule has 0 spiro atoms. The zero-order chi connectivity index (χ0) is 23.4. The summed E-state index contributed by atoms with van der Waals surface area (Å²) in [5.41, 5.74) is -0.638. The summed E-state index contributed by atoms with van der Waals surface area (Å²) in [7, 11) is 1.67. The lowest BCUT2D eigenvalue weighted by Crippen LogP contribution is -2.22. The fourth-order valence-corrected chi connectivity index (χ4v) is 3.73. The monoisotopic (exact) mass is 440 g/mol. The fourth-order valence-electron chi connectivity index (χ4n) is 3.73. The van der Waals surface area contributed by atoms with E-state index in [-0.39, 0.29) is 34.9 Å². The number of rotatable bonds is 10. The van der Waals surface area contributed by atoms with Crippen LogP contribution in [-0.4, -0.2) is 33.6 Å². The van der Waals surface area contributed by atoms with Gasteiger partial charge in [0.1, 0.15) is 5.56 Å². The van der Waals surface area contributed by atoms with Crippen LogP contribution in [0.4, 0.5) is 13.2 Å². The van der Waals surface area contributed by atoms with Crippen molar-refractivity contribution in [2.24, 2.45) is 5.92 Å². The number of carbonyl (C=O) groups is 1. The van der Waals surface area contributed by atoms with Gasteiger partial charge in [0, 0.05) is 7.11 Å². The molecule has 0 aliphatic carbocycles. The largest absolute Gasteiger partial charge is 0.478 e. The van der Waals surface area contributed by atoms with Crippen LogP contribution in [0.5, 0.6) is 0 Å². The molecule has 172 valence electrons. The molecule has 8 heteroatoms. The number of hydrogen-bond acceptors (Lipinski definition) is 3. The molecular weight excluding hydrogens is 409 g/mol. The highest BCUT2D eigenvalue weighted by atomic mass is 19.4. The van der Waals surface area contributed by atoms with Crippen LogP contribution in [-0.2, 0) is 23.8 Å². The Hall–Kier alpha value is -2.35. The van der Waals surface area contributed by atoms with Gasteiger partial charge < -0.3 is 9.84 Å². The van der Waals surface area contributed by atoms with Crippen LogP contribution >= 0.6 is 0 Å². The highest BCUT2D eigenvalue weighted by Crippen LogP contribution is 2.35. The molecule has 0 radical (unpaired) electrons. The molecule has 1 aromatic heterocycles. The summed E-state index contributed by atoms with van der Waals surface area (Å²) < 4.78 is 47.2. The molecule has 0 amide bonds. The standard InChI is InChI=1S/C23H31F3N2O3/c1-6-18-20(21(29)30)17(14-15(2)10-9-13-22(3,4)31-5)27-28(18)19-12-8-7-11-16(19)23(24,25)26/h7-8,11-12,15H,6,9-10,13-14H2,1-5H3,(H,29,30). The van der Waals surface area contributed by atoms with Gasteiger partial charge in [-0.2, -0.15) is 18.3 Å². The Morgan fingerprint density at radius 3 is 2.45 bits per heavy atom. The maximum absolute atomic E-state index is 13.5. The van der Waals surface area contributed by atoms with E-state index >= 15 is 0 Å². The van der Waals surface area contributed by atoms with Crippen LogP contribution in [0.3, 0.4) is 0 Å². The number of aromatic carboxylic acids is 1. The van der Waals surface area contributed by atoms with E-state index in [1.165, 1.54) is 18.2 Å². The molecule has 0 bridgehead atoms. The molecule has 2 rings (SSSR count). The van der Waals surface area contributed by atoms with E-state index in [4.69, 9.17) is 4.74 Å². The first-order valence-electron chi connectivity index (χ1n) is 10.5. The third kappa shape index (κ3) is 6.09. The number of hydrogen-bond donors (Lipinski definition) is 1. The summed E-state index contributed by atoms with van der Waals surface area (Å²) in [6.45, 7) is 7.73. The highest BCUT2D eigenvalue weighted by molar-refractivity contribution is 5.90. The average Bonchev–Trinajstić information content (AvgIpc) is 3.05. The van der Waals surface area contributed by atoms with Crippen molar-refractivity contribution in [1.82, 2.24) is 9.78 Å². The highest BCUT2D eigenvalue weighted by Gasteiger charge is 2.35. The van der Waals surface area contributed by atoms with Gasteiger partial charge in [-0.1, -0.05) is 38.8 Å². The van der Waals surface area contributed by atoms with Crippen LogP contribution in [0.15, 0.2) is 24.3 Å². The second-order valence-electron chi connectivity index (χ2n) is 8.52. The van der Waals surface area contributed by atoms with Gasteiger partial charge in [0.2, 0.25) is 0 Å². The lowest BCUT2D eigenvalue weighted by molar-refractivity contribution is -0.137. The van der Waals surface area contributed by atoms with Gasteiger partial charge in [-0.05, 0) is 51.2 Å². The molecule has 0 saturated heterocycles. The first-order chi connectivity index (χ1) is 14.4. The smallest absolute Gasteiger partial charge is 0.418 e. The number of para-hydroxylation sites is 1. The molecule has 1 heterocycles. The Kier molecular flexibility index (Phi) is 7.92. The summed E-state index contributed by atoms with van der Waals surface area (Å²) in [6, 6.07) is 5.10. The number of benzene rings is 1. The van der Waals surface area contributed by atoms with Crippen molar-refractivity contribution in [3.8, 4) is 5.69 Å². The van der Waals surface area contributed by atoms with E-state index in [0.717, 1.165) is 30.0 Å². The molecule has 1 N–H and O–H groups in total. The fraction of sp³-hybridized carbons (Fsp3) is 0.565. The van der Waals surface area contributed by atoms with Gasteiger partial charge in [0.15, 0.2) is 0 Å². The van der Waals surface area contributed by atoms with Crippen LogP contribution < -0.4 is 0 Å². The van der Waals surface area contributed by atoms with E-state index in [1.807, 2.05) is 20.8 Å². The summed E-state index contributed by atoms with van der Waals surface area (Å²) in [4.78, 5) is 12.0. The number of nitrogens with zero attached hydrogens (tertiary/aromatic N) is 2. The third-order valence-electron chi connectivity index (χ3n) is 5.61. The van der Waals surface area contributed by atoms with E-state index in [9.17, 15) is 23.1 Å². The molecule has 1 atom stereocenters. The molecule has 0 fully saturated rings. The second kappa shape index (κ2) is 9.85. The zero-order valence-electron chi connectivity index (χ0n) is 18.7. The minimum Gasteiger partial charge on any atom is -0.478 e. The van der Waals surface area contributed by atoms with Gasteiger partial charge in [-0.25, -0.2) is 9.48 Å². The topological polar surface area (TPSA) is 64.3 Å². The Balaban J connectivity index is 2.39. The summed E-state index contributed by atoms with van der Waals surface area (Å²) >= 11 is 0. The number of carboxylic acids is 1. The molecule has 0 aliphatic rings. The zero-order valence-corrected chi connectivity index (χ0v) is 18.7. The second-order valence-corrected chi connectivity index (χ2v) is 8.52. The van der Waals surface area contributed by atoms with Gasteiger partial charge >= 0.3 is 12.1 Å². The van der Waals surface area contributed by atoms with Gasteiger partial charge in [0.05, 0.1) is 28.2 Å². The third-order valence-corrected chi connectivity index (χ3v) is 5.61. The van der Waals surface area contributed by atoms with E-state index in [1.54, 1.807) is 14.0 Å². The summed E-state index contributed by atoms with van der Waals surface area (Å²) in [5.74, 6) is -1.05. The van der Waals surface area contributed by atoms with Crippen LogP contribution in [0.1, 0.15) is 74.3 Å². The number of ether oxygens (including phenoxy) is 1. The number of alkyl halides is 3. The van der Waals surface area contributed by atoms with Gasteiger partial charge in [0.25, 0.3) is 0 Å². The van der Waals surface area contributed by atoms with Crippen molar-refractivity contribution >= 4 is 5.97 Å². The van der Waals surface area contributed by atoms with Crippen molar-refractivity contribution in [3.63, 3.8) is 0 Å². The number of methoxy groups -OCH3 is 1. The average molecular weight is 441 g/mol. The predicted molar refractivity (Wildman–Crippen MR) is 113 cm³/mol. The Bertz CT molecular complexity index is 904. The maximum Gasteiger partial charge on any atom is 0.418 e. The quantitative estimate of drug-likeness (QED) is 0.498. The number of halogens is 3. The normalized spacial score (nSPS) is 13.4. The summed E-state index contributed by atoms with van der Waals surface area (Å²) in [5, 5.41) is 14.2. The molecular formula is C23H31F3N2O3. The van der Waals surface area contributed by atoms with Gasteiger partial charge in [-0.15, -0.1) is 0 Å². The molecule has 31 heavy (non-hydrogen) atoms. The molecule has 0 saturated carbocycles. The predicted octanol–water partition coefficient (Wildman–Crippen LogP) is 5.93. The first-order valence-corrected chi connectivity index (χ1v) is 10.5. The lowest BCUT2D eigenvalue weighted by Gasteiger charge is -2.23. The Morgan fingerprint density at radius 2 is 1.90 bits per heavy atom. The van der Waals surface area contributed by atoms with Crippen LogP contribution in [0, 0.1) is 5.92 Å². The van der Waals surface area contributed by atoms with Crippen molar-refractivity contribution in [2.45, 2.75) is 71.6 Å². The van der Waals surface area contributed by atoms with Crippen LogP contribution in [0.2, 0.25) is 0 Å². The van der Waals surface area contributed by atoms with Crippen molar-refractivity contribution in [1.29, 1.82) is 0 Å². The summed E-state index contributed by atoms with van der Waals surface area (Å²) in [6.07, 6.45) is -1.37. The van der Waals surface area contributed by atoms with E-state index in [2.05, 4.69) is 5.10 Å². The minimum absolute atomic E-state index is 0.00329. The van der Waals surface area contributed by atoms with Gasteiger partial charge in [-0.3, -0.25) is 0 Å². The first kappa shape index (κ1) is 24.9. The molecule has 0 aliphatic heterocycles. The molecule has 1 aromatic carbocycles. The lowest BCUT2D eigenvalue weighted by atomic mass is 9.93. The van der Waals surface area contributed by atoms with Crippen molar-refractivity contribution in [2.75, 3.05) is 7.11 Å². The number of carboxylic acid groups (broad SMARTS) is 1. The molecule has 2 aromatic rings. The number of aromatic nitrogens is 2. The molecule has 5 nitrogen and oxygen atoms in total. The maximum atomic E-state index is 13.5. The minimum atomic E-state index is -4.57. The van der Waals surface area contributed by atoms with E-state index < -0.39 is 17.7 Å². The molecule has 1 unspecified atom stereocenters.